The number of hydrogen-bond acceptors (Lipinski definition) is 3. The Hall–Kier alpha value is -1.33. The molecule has 3 N–H and O–H groups in total. The Kier molecular flexibility index (Phi) is 5.60. The van der Waals surface area contributed by atoms with Gasteiger partial charge in [0.25, 0.3) is 0 Å². The van der Waals surface area contributed by atoms with Crippen molar-refractivity contribution in [3.05, 3.63) is 29.8 Å². The predicted molar refractivity (Wildman–Crippen MR) is 67.5 cm³/mol. The van der Waals surface area contributed by atoms with E-state index in [0.29, 0.717) is 18.2 Å². The molecule has 0 atom stereocenters. The fourth-order valence-electron chi connectivity index (χ4n) is 1.20. The normalized spacial score (nSPS) is 9.62. The lowest BCUT2D eigenvalue weighted by molar-refractivity contribution is 0.300. The molecule has 0 fully saturated rings. The molecule has 16 heavy (non-hydrogen) atoms. The third-order valence-electron chi connectivity index (χ3n) is 1.98. The van der Waals surface area contributed by atoms with Gasteiger partial charge in [0, 0.05) is 13.1 Å². The number of aliphatic hydroxyl groups excluding tert-OH is 1. The molecular weight excluding hydrogens is 224 g/mol. The van der Waals surface area contributed by atoms with Gasteiger partial charge in [-0.2, -0.15) is 0 Å². The van der Waals surface area contributed by atoms with E-state index in [0.717, 1.165) is 11.3 Å². The summed E-state index contributed by atoms with van der Waals surface area (Å²) in [7, 11) is 1.64. The third kappa shape index (κ3) is 4.46. The Morgan fingerprint density at radius 1 is 1.44 bits per heavy atom. The van der Waals surface area contributed by atoms with E-state index in [1.165, 1.54) is 0 Å². The standard InChI is InChI=1S/C11H16N2O2S/c1-15-10-4-2-3-9(7-10)8-13-11(16)12-5-6-14/h2-4,7,14H,5-6,8H2,1H3,(H2,12,13,16). The summed E-state index contributed by atoms with van der Waals surface area (Å²) in [5, 5.41) is 15.0. The molecule has 0 saturated carbocycles. The highest BCUT2D eigenvalue weighted by Crippen LogP contribution is 2.11. The number of benzene rings is 1. The molecule has 0 aromatic heterocycles. The minimum absolute atomic E-state index is 0.0704. The molecule has 1 rings (SSSR count). The van der Waals surface area contributed by atoms with Gasteiger partial charge in [0.2, 0.25) is 0 Å². The molecule has 0 saturated heterocycles. The lowest BCUT2D eigenvalue weighted by Crippen LogP contribution is -2.36. The van der Waals surface area contributed by atoms with Gasteiger partial charge < -0.3 is 20.5 Å². The molecule has 0 amide bonds. The van der Waals surface area contributed by atoms with Crippen LogP contribution in [0.5, 0.6) is 5.75 Å². The van der Waals surface area contributed by atoms with Crippen LogP contribution in [0.2, 0.25) is 0 Å². The predicted octanol–water partition coefficient (Wildman–Crippen LogP) is 0.652. The van der Waals surface area contributed by atoms with Crippen LogP contribution in [-0.2, 0) is 6.54 Å². The topological polar surface area (TPSA) is 53.5 Å². The maximum atomic E-state index is 8.60. The summed E-state index contributed by atoms with van der Waals surface area (Å²) in [6.45, 7) is 1.17. The maximum Gasteiger partial charge on any atom is 0.166 e. The van der Waals surface area contributed by atoms with Crippen molar-refractivity contribution in [2.24, 2.45) is 0 Å². The van der Waals surface area contributed by atoms with Gasteiger partial charge in [-0.05, 0) is 29.9 Å². The SMILES string of the molecule is COc1cccc(CNC(=S)NCCO)c1. The minimum atomic E-state index is 0.0704. The Balaban J connectivity index is 2.38. The van der Waals surface area contributed by atoms with Gasteiger partial charge in [-0.15, -0.1) is 0 Å². The van der Waals surface area contributed by atoms with E-state index < -0.39 is 0 Å². The van der Waals surface area contributed by atoms with E-state index in [9.17, 15) is 0 Å². The van der Waals surface area contributed by atoms with Gasteiger partial charge in [0.15, 0.2) is 5.11 Å². The Morgan fingerprint density at radius 3 is 2.94 bits per heavy atom. The molecule has 0 radical (unpaired) electrons. The van der Waals surface area contributed by atoms with Crippen LogP contribution in [0.3, 0.4) is 0 Å². The molecule has 1 aromatic carbocycles. The number of thiocarbonyl (C=S) groups is 1. The Bertz CT molecular complexity index is 345. The summed E-state index contributed by atoms with van der Waals surface area (Å²) in [5.41, 5.74) is 1.09. The second-order valence-corrected chi connectivity index (χ2v) is 3.59. The van der Waals surface area contributed by atoms with Gasteiger partial charge in [0.1, 0.15) is 5.75 Å². The van der Waals surface area contributed by atoms with Crippen LogP contribution in [0, 0.1) is 0 Å². The fraction of sp³-hybridized carbons (Fsp3) is 0.364. The van der Waals surface area contributed by atoms with Crippen LogP contribution in [0.4, 0.5) is 0 Å². The molecule has 0 spiro atoms. The summed E-state index contributed by atoms with van der Waals surface area (Å²) < 4.78 is 5.12. The van der Waals surface area contributed by atoms with Crippen LogP contribution in [0.15, 0.2) is 24.3 Å². The minimum Gasteiger partial charge on any atom is -0.497 e. The smallest absolute Gasteiger partial charge is 0.166 e. The summed E-state index contributed by atoms with van der Waals surface area (Å²) in [6, 6.07) is 7.76. The van der Waals surface area contributed by atoms with Gasteiger partial charge in [-0.3, -0.25) is 0 Å². The molecule has 0 unspecified atom stereocenters. The van der Waals surface area contributed by atoms with E-state index in [2.05, 4.69) is 10.6 Å². The molecule has 4 nitrogen and oxygen atoms in total. The Labute approximate surface area is 101 Å². The number of nitrogens with one attached hydrogen (secondary N) is 2. The van der Waals surface area contributed by atoms with Crippen molar-refractivity contribution in [3.8, 4) is 5.75 Å². The van der Waals surface area contributed by atoms with E-state index in [-0.39, 0.29) is 6.61 Å². The third-order valence-corrected chi connectivity index (χ3v) is 2.27. The molecule has 1 aromatic rings. The largest absolute Gasteiger partial charge is 0.497 e. The Morgan fingerprint density at radius 2 is 2.25 bits per heavy atom. The number of hydrogen-bond donors (Lipinski definition) is 3. The summed E-state index contributed by atoms with van der Waals surface area (Å²) in [6.07, 6.45) is 0. The van der Waals surface area contributed by atoms with Crippen molar-refractivity contribution in [3.63, 3.8) is 0 Å². The number of rotatable bonds is 5. The van der Waals surface area contributed by atoms with Crippen molar-refractivity contribution in [2.45, 2.75) is 6.54 Å². The highest BCUT2D eigenvalue weighted by Gasteiger charge is 1.97. The first-order chi connectivity index (χ1) is 7.76. The van der Waals surface area contributed by atoms with E-state index in [1.807, 2.05) is 24.3 Å². The average Bonchev–Trinajstić information content (AvgIpc) is 2.34. The molecule has 88 valence electrons. The summed E-state index contributed by atoms with van der Waals surface area (Å²) in [5.74, 6) is 0.827. The molecule has 0 bridgehead atoms. The first kappa shape index (κ1) is 12.7. The van der Waals surface area contributed by atoms with E-state index >= 15 is 0 Å². The van der Waals surface area contributed by atoms with Crippen LogP contribution < -0.4 is 15.4 Å². The average molecular weight is 240 g/mol. The molecule has 0 aliphatic carbocycles. The zero-order valence-electron chi connectivity index (χ0n) is 9.19. The van der Waals surface area contributed by atoms with Crippen LogP contribution >= 0.6 is 12.2 Å². The zero-order valence-corrected chi connectivity index (χ0v) is 10.0. The first-order valence-electron chi connectivity index (χ1n) is 5.01. The van der Waals surface area contributed by atoms with Crippen LogP contribution in [0.1, 0.15) is 5.56 Å². The highest BCUT2D eigenvalue weighted by molar-refractivity contribution is 7.80. The molecule has 0 aliphatic heterocycles. The lowest BCUT2D eigenvalue weighted by Gasteiger charge is -2.10. The molecule has 5 heteroatoms. The lowest BCUT2D eigenvalue weighted by atomic mass is 10.2. The van der Waals surface area contributed by atoms with Gasteiger partial charge >= 0.3 is 0 Å². The summed E-state index contributed by atoms with van der Waals surface area (Å²) in [4.78, 5) is 0. The first-order valence-corrected chi connectivity index (χ1v) is 5.42. The molecule has 0 aliphatic rings. The monoisotopic (exact) mass is 240 g/mol. The zero-order chi connectivity index (χ0) is 11.8. The number of methoxy groups -OCH3 is 1. The fourth-order valence-corrected chi connectivity index (χ4v) is 1.37. The highest BCUT2D eigenvalue weighted by atomic mass is 32.1. The van der Waals surface area contributed by atoms with Gasteiger partial charge in [-0.25, -0.2) is 0 Å². The van der Waals surface area contributed by atoms with Gasteiger partial charge in [-0.1, -0.05) is 12.1 Å². The second-order valence-electron chi connectivity index (χ2n) is 3.18. The quantitative estimate of drug-likeness (QED) is 0.660. The van der Waals surface area contributed by atoms with Gasteiger partial charge in [0.05, 0.1) is 13.7 Å². The van der Waals surface area contributed by atoms with Crippen LogP contribution in [-0.4, -0.2) is 30.5 Å². The molecule has 0 heterocycles. The number of aliphatic hydroxyl groups is 1. The van der Waals surface area contributed by atoms with Crippen molar-refractivity contribution < 1.29 is 9.84 Å². The van der Waals surface area contributed by atoms with Crippen molar-refractivity contribution in [1.29, 1.82) is 0 Å². The van der Waals surface area contributed by atoms with Crippen molar-refractivity contribution >= 4 is 17.3 Å². The molecular formula is C11H16N2O2S. The van der Waals surface area contributed by atoms with Crippen molar-refractivity contribution in [1.82, 2.24) is 10.6 Å². The van der Waals surface area contributed by atoms with Crippen LogP contribution in [0.25, 0.3) is 0 Å². The van der Waals surface area contributed by atoms with E-state index in [1.54, 1.807) is 7.11 Å². The van der Waals surface area contributed by atoms with Crippen molar-refractivity contribution in [2.75, 3.05) is 20.3 Å². The summed E-state index contributed by atoms with van der Waals surface area (Å²) >= 11 is 5.02. The maximum absolute atomic E-state index is 8.60. The second kappa shape index (κ2) is 7.03. The van der Waals surface area contributed by atoms with E-state index in [4.69, 9.17) is 22.1 Å². The number of ether oxygens (including phenoxy) is 1.